The molecule has 0 fully saturated rings. The number of aliphatic hydroxyl groups excluding tert-OH is 1. The molecule has 1 unspecified atom stereocenters. The molecule has 1 aromatic carbocycles. The van der Waals surface area contributed by atoms with Gasteiger partial charge in [0.25, 0.3) is 5.56 Å². The Kier molecular flexibility index (Phi) is 5.85. The van der Waals surface area contributed by atoms with Crippen molar-refractivity contribution in [3.05, 3.63) is 75.2 Å². The van der Waals surface area contributed by atoms with Crippen molar-refractivity contribution in [2.75, 3.05) is 11.4 Å². The van der Waals surface area contributed by atoms with Gasteiger partial charge in [-0.25, -0.2) is 4.98 Å². The van der Waals surface area contributed by atoms with Crippen molar-refractivity contribution in [2.24, 2.45) is 0 Å². The maximum Gasteiger partial charge on any atom is 0.408 e. The molecule has 1 N–H and O–H groups in total. The van der Waals surface area contributed by atoms with E-state index >= 15 is 0 Å². The number of fused-ring (bicyclic) bond motifs is 1. The predicted molar refractivity (Wildman–Crippen MR) is 113 cm³/mol. The van der Waals surface area contributed by atoms with Gasteiger partial charge < -0.3 is 10.0 Å². The number of pyridine rings is 1. The number of rotatable bonds is 4. The van der Waals surface area contributed by atoms with Crippen LogP contribution in [0.4, 0.5) is 19.1 Å². The molecule has 10 heteroatoms. The van der Waals surface area contributed by atoms with Crippen molar-refractivity contribution < 1.29 is 18.3 Å². The van der Waals surface area contributed by atoms with Gasteiger partial charge in [-0.15, -0.1) is 0 Å². The number of aliphatic hydroxyl groups is 1. The molecule has 3 aromatic rings. The van der Waals surface area contributed by atoms with Gasteiger partial charge in [-0.05, 0) is 36.2 Å². The molecule has 0 saturated carbocycles. The van der Waals surface area contributed by atoms with E-state index in [1.807, 2.05) is 0 Å². The molecule has 0 bridgehead atoms. The van der Waals surface area contributed by atoms with Crippen LogP contribution in [0.25, 0.3) is 11.3 Å². The molecule has 6 nitrogen and oxygen atoms in total. The Balaban J connectivity index is 1.79. The molecular formula is C21H18BrF3N4O2. The first kappa shape index (κ1) is 21.5. The molecule has 31 heavy (non-hydrogen) atoms. The summed E-state index contributed by atoms with van der Waals surface area (Å²) >= 11 is 3.30. The summed E-state index contributed by atoms with van der Waals surface area (Å²) < 4.78 is 43.5. The Morgan fingerprint density at radius 1 is 1.19 bits per heavy atom. The maximum atomic E-state index is 13.9. The van der Waals surface area contributed by atoms with E-state index in [9.17, 15) is 23.1 Å². The second-order valence-electron chi connectivity index (χ2n) is 7.24. The van der Waals surface area contributed by atoms with Gasteiger partial charge in [0.15, 0.2) is 0 Å². The zero-order valence-corrected chi connectivity index (χ0v) is 17.7. The van der Waals surface area contributed by atoms with Crippen LogP contribution in [0.5, 0.6) is 0 Å². The predicted octanol–water partition coefficient (Wildman–Crippen LogP) is 3.94. The Bertz CT molecular complexity index is 1140. The van der Waals surface area contributed by atoms with Crippen LogP contribution in [0.15, 0.2) is 64.1 Å². The molecule has 0 aliphatic carbocycles. The number of aromatic nitrogens is 3. The molecule has 0 radical (unpaired) electrons. The van der Waals surface area contributed by atoms with Crippen molar-refractivity contribution in [3.8, 4) is 11.3 Å². The van der Waals surface area contributed by atoms with E-state index in [4.69, 9.17) is 0 Å². The molecule has 1 aliphatic heterocycles. The molecule has 3 heterocycles. The van der Waals surface area contributed by atoms with Crippen LogP contribution in [-0.2, 0) is 6.54 Å². The van der Waals surface area contributed by atoms with E-state index in [0.717, 1.165) is 4.90 Å². The molecule has 4 rings (SSSR count). The van der Waals surface area contributed by atoms with Crippen LogP contribution in [-0.4, -0.2) is 38.4 Å². The molecule has 2 aromatic heterocycles. The lowest BCUT2D eigenvalue weighted by molar-refractivity contribution is -0.153. The van der Waals surface area contributed by atoms with E-state index in [0.29, 0.717) is 15.6 Å². The van der Waals surface area contributed by atoms with Crippen LogP contribution >= 0.6 is 15.9 Å². The summed E-state index contributed by atoms with van der Waals surface area (Å²) in [5.41, 5.74) is 0.833. The van der Waals surface area contributed by atoms with Crippen LogP contribution in [0.2, 0.25) is 0 Å². The Morgan fingerprint density at radius 2 is 1.94 bits per heavy atom. The fraction of sp³-hybridized carbons (Fsp3) is 0.286. The van der Waals surface area contributed by atoms with Crippen LogP contribution in [0, 0.1) is 0 Å². The second-order valence-corrected chi connectivity index (χ2v) is 8.15. The molecule has 1 aliphatic rings. The summed E-state index contributed by atoms with van der Waals surface area (Å²) in [6, 6.07) is 9.42. The van der Waals surface area contributed by atoms with Gasteiger partial charge in [0.2, 0.25) is 5.95 Å². The van der Waals surface area contributed by atoms with Gasteiger partial charge in [-0.3, -0.25) is 14.3 Å². The molecule has 0 spiro atoms. The third-order valence-electron chi connectivity index (χ3n) is 5.20. The summed E-state index contributed by atoms with van der Waals surface area (Å²) in [6.07, 6.45) is -3.04. The van der Waals surface area contributed by atoms with Gasteiger partial charge >= 0.3 is 6.18 Å². The summed E-state index contributed by atoms with van der Waals surface area (Å²) in [7, 11) is 0. The van der Waals surface area contributed by atoms with E-state index < -0.39 is 23.9 Å². The third-order valence-corrected chi connectivity index (χ3v) is 5.70. The Labute approximate surface area is 184 Å². The highest BCUT2D eigenvalue weighted by atomic mass is 79.9. The number of hydrogen-bond acceptors (Lipinski definition) is 5. The fourth-order valence-corrected chi connectivity index (χ4v) is 4.11. The first-order valence-corrected chi connectivity index (χ1v) is 10.3. The normalized spacial score (nSPS) is 17.3. The standard InChI is InChI=1S/C21H18BrF3N4O2/c22-15-3-1-2-14(10-15)17(30)12-29-18(21(23,24)25)6-9-28-19(31)11-16(27-20(28)29)13-4-7-26-8-5-13/h1-5,7-8,10-11,17-18,30H,6,9,12H2/t17-,18?/m1/s1. The average molecular weight is 495 g/mol. The summed E-state index contributed by atoms with van der Waals surface area (Å²) in [6.45, 7) is -0.474. The van der Waals surface area contributed by atoms with Crippen LogP contribution in [0.3, 0.4) is 0 Å². The minimum absolute atomic E-state index is 0.106. The maximum absolute atomic E-state index is 13.9. The van der Waals surface area contributed by atoms with Crippen molar-refractivity contribution in [3.63, 3.8) is 0 Å². The van der Waals surface area contributed by atoms with Gasteiger partial charge in [-0.2, -0.15) is 13.2 Å². The van der Waals surface area contributed by atoms with E-state index in [1.54, 1.807) is 36.4 Å². The SMILES string of the molecule is O=c1cc(-c2ccncc2)nc2n1CCC(C(F)(F)F)N2C[C@@H](O)c1cccc(Br)c1. The average Bonchev–Trinajstić information content (AvgIpc) is 2.73. The van der Waals surface area contributed by atoms with Crippen molar-refractivity contribution in [2.45, 2.75) is 31.3 Å². The lowest BCUT2D eigenvalue weighted by atomic mass is 10.1. The first-order valence-electron chi connectivity index (χ1n) is 9.53. The van der Waals surface area contributed by atoms with Crippen molar-refractivity contribution in [1.29, 1.82) is 0 Å². The number of β-amino-alcohol motifs (C(OH)–C–C–N with tert-alkyl or cyclic N) is 1. The van der Waals surface area contributed by atoms with Gasteiger partial charge in [0.05, 0.1) is 18.3 Å². The van der Waals surface area contributed by atoms with E-state index in [1.165, 1.54) is 23.0 Å². The minimum Gasteiger partial charge on any atom is -0.387 e. The Morgan fingerprint density at radius 3 is 2.61 bits per heavy atom. The third kappa shape index (κ3) is 4.49. The zero-order valence-electron chi connectivity index (χ0n) is 16.1. The second kappa shape index (κ2) is 8.43. The largest absolute Gasteiger partial charge is 0.408 e. The number of alkyl halides is 3. The van der Waals surface area contributed by atoms with Gasteiger partial charge in [0, 0.05) is 35.0 Å². The number of benzene rings is 1. The van der Waals surface area contributed by atoms with Crippen molar-refractivity contribution in [1.82, 2.24) is 14.5 Å². The number of anilines is 1. The topological polar surface area (TPSA) is 71.2 Å². The summed E-state index contributed by atoms with van der Waals surface area (Å²) in [5, 5.41) is 10.7. The number of halogens is 4. The van der Waals surface area contributed by atoms with E-state index in [2.05, 4.69) is 25.9 Å². The quantitative estimate of drug-likeness (QED) is 0.594. The summed E-state index contributed by atoms with van der Waals surface area (Å²) in [4.78, 5) is 22.0. The Hall–Kier alpha value is -2.72. The highest BCUT2D eigenvalue weighted by molar-refractivity contribution is 9.10. The lowest BCUT2D eigenvalue weighted by Gasteiger charge is -2.40. The molecular weight excluding hydrogens is 477 g/mol. The molecule has 0 saturated heterocycles. The highest BCUT2D eigenvalue weighted by Crippen LogP contribution is 2.35. The smallest absolute Gasteiger partial charge is 0.387 e. The van der Waals surface area contributed by atoms with Crippen LogP contribution in [0.1, 0.15) is 18.1 Å². The van der Waals surface area contributed by atoms with Gasteiger partial charge in [0.1, 0.15) is 6.04 Å². The number of hydrogen-bond donors (Lipinski definition) is 1. The first-order chi connectivity index (χ1) is 14.7. The lowest BCUT2D eigenvalue weighted by Crippen LogP contribution is -2.53. The van der Waals surface area contributed by atoms with E-state index in [-0.39, 0.29) is 31.2 Å². The minimum atomic E-state index is -4.55. The fourth-order valence-electron chi connectivity index (χ4n) is 3.70. The molecule has 2 atom stereocenters. The number of nitrogens with zero attached hydrogens (tertiary/aromatic N) is 4. The summed E-state index contributed by atoms with van der Waals surface area (Å²) in [5.74, 6) is -0.109. The zero-order chi connectivity index (χ0) is 22.2. The highest BCUT2D eigenvalue weighted by Gasteiger charge is 2.47. The van der Waals surface area contributed by atoms with Gasteiger partial charge in [-0.1, -0.05) is 28.1 Å². The monoisotopic (exact) mass is 494 g/mol. The van der Waals surface area contributed by atoms with Crippen LogP contribution < -0.4 is 10.5 Å². The molecule has 0 amide bonds. The van der Waals surface area contributed by atoms with Crippen molar-refractivity contribution >= 4 is 21.9 Å². The molecule has 162 valence electrons.